The summed E-state index contributed by atoms with van der Waals surface area (Å²) >= 11 is 0. The molecule has 96 valence electrons. The molecule has 1 unspecified atom stereocenters. The van der Waals surface area contributed by atoms with Gasteiger partial charge < -0.3 is 5.73 Å². The first-order chi connectivity index (χ1) is 8.04. The van der Waals surface area contributed by atoms with Crippen molar-refractivity contribution in [1.29, 1.82) is 0 Å². The molecule has 0 bridgehead atoms. The number of rotatable bonds is 6. The van der Waals surface area contributed by atoms with Gasteiger partial charge in [0.15, 0.2) is 0 Å². The lowest BCUT2D eigenvalue weighted by atomic mass is 10.2. The number of nitro groups is 1. The van der Waals surface area contributed by atoms with Crippen LogP contribution < -0.4 is 5.73 Å². The SMILES string of the molecule is CCc1nn(CC(C)CN)c(CC)c1[N+](=O)[O-]. The van der Waals surface area contributed by atoms with Crippen molar-refractivity contribution in [2.24, 2.45) is 11.7 Å². The summed E-state index contributed by atoms with van der Waals surface area (Å²) in [5, 5.41) is 15.4. The molecular weight excluding hydrogens is 220 g/mol. The highest BCUT2D eigenvalue weighted by molar-refractivity contribution is 5.41. The van der Waals surface area contributed by atoms with E-state index in [2.05, 4.69) is 5.10 Å². The molecule has 0 spiro atoms. The summed E-state index contributed by atoms with van der Waals surface area (Å²) in [5.74, 6) is 0.268. The molecule has 0 aliphatic carbocycles. The fourth-order valence-electron chi connectivity index (χ4n) is 1.86. The number of nitrogens with zero attached hydrogens (tertiary/aromatic N) is 3. The van der Waals surface area contributed by atoms with Crippen LogP contribution >= 0.6 is 0 Å². The van der Waals surface area contributed by atoms with Crippen LogP contribution in [0, 0.1) is 16.0 Å². The molecule has 0 aliphatic rings. The summed E-state index contributed by atoms with van der Waals surface area (Å²) < 4.78 is 1.74. The molecule has 6 heteroatoms. The lowest BCUT2D eigenvalue weighted by Crippen LogP contribution is -2.19. The van der Waals surface area contributed by atoms with Gasteiger partial charge in [-0.25, -0.2) is 0 Å². The van der Waals surface area contributed by atoms with Gasteiger partial charge in [-0.15, -0.1) is 0 Å². The molecule has 1 aromatic rings. The molecule has 0 saturated carbocycles. The standard InChI is InChI=1S/C11H20N4O2/c1-4-9-11(15(16)17)10(5-2)14(13-9)7-8(3)6-12/h8H,4-7,12H2,1-3H3. The van der Waals surface area contributed by atoms with E-state index < -0.39 is 0 Å². The van der Waals surface area contributed by atoms with E-state index in [9.17, 15) is 10.1 Å². The maximum atomic E-state index is 11.1. The summed E-state index contributed by atoms with van der Waals surface area (Å²) in [6.45, 7) is 7.00. The Morgan fingerprint density at radius 1 is 1.47 bits per heavy atom. The van der Waals surface area contributed by atoms with Gasteiger partial charge in [0.25, 0.3) is 0 Å². The molecule has 0 aromatic carbocycles. The van der Waals surface area contributed by atoms with Crippen molar-refractivity contribution in [1.82, 2.24) is 9.78 Å². The van der Waals surface area contributed by atoms with Crippen LogP contribution in [0.25, 0.3) is 0 Å². The first-order valence-electron chi connectivity index (χ1n) is 5.98. The van der Waals surface area contributed by atoms with Crippen molar-refractivity contribution in [3.63, 3.8) is 0 Å². The van der Waals surface area contributed by atoms with E-state index in [0.717, 1.165) is 0 Å². The fraction of sp³-hybridized carbons (Fsp3) is 0.727. The third kappa shape index (κ3) is 2.82. The molecule has 1 atom stereocenters. The first kappa shape index (κ1) is 13.6. The number of nitrogens with two attached hydrogens (primary N) is 1. The van der Waals surface area contributed by atoms with Gasteiger partial charge in [0, 0.05) is 6.54 Å². The Kier molecular flexibility index (Phi) is 4.62. The second kappa shape index (κ2) is 5.77. The lowest BCUT2D eigenvalue weighted by molar-refractivity contribution is -0.386. The lowest BCUT2D eigenvalue weighted by Gasteiger charge is -2.10. The van der Waals surface area contributed by atoms with Crippen LogP contribution in [0.15, 0.2) is 0 Å². The summed E-state index contributed by atoms with van der Waals surface area (Å²) in [5.41, 5.74) is 7.02. The molecular formula is C11H20N4O2. The second-order valence-electron chi connectivity index (χ2n) is 4.23. The van der Waals surface area contributed by atoms with E-state index in [4.69, 9.17) is 5.73 Å². The zero-order valence-corrected chi connectivity index (χ0v) is 10.6. The highest BCUT2D eigenvalue weighted by Crippen LogP contribution is 2.25. The monoisotopic (exact) mass is 240 g/mol. The molecule has 0 fully saturated rings. The summed E-state index contributed by atoms with van der Waals surface area (Å²) in [4.78, 5) is 10.7. The van der Waals surface area contributed by atoms with Gasteiger partial charge in [0.2, 0.25) is 0 Å². The van der Waals surface area contributed by atoms with Gasteiger partial charge in [-0.1, -0.05) is 20.8 Å². The van der Waals surface area contributed by atoms with E-state index >= 15 is 0 Å². The second-order valence-corrected chi connectivity index (χ2v) is 4.23. The minimum absolute atomic E-state index is 0.180. The fourth-order valence-corrected chi connectivity index (χ4v) is 1.86. The molecule has 1 rings (SSSR count). The van der Waals surface area contributed by atoms with E-state index in [0.29, 0.717) is 37.3 Å². The zero-order valence-electron chi connectivity index (χ0n) is 10.6. The molecule has 1 aromatic heterocycles. The molecule has 1 heterocycles. The maximum absolute atomic E-state index is 11.1. The van der Waals surface area contributed by atoms with E-state index in [1.807, 2.05) is 20.8 Å². The van der Waals surface area contributed by atoms with Crippen molar-refractivity contribution < 1.29 is 4.92 Å². The molecule has 0 aliphatic heterocycles. The average Bonchev–Trinajstić information content (AvgIpc) is 2.66. The van der Waals surface area contributed by atoms with Crippen molar-refractivity contribution in [2.75, 3.05) is 6.54 Å². The molecule has 17 heavy (non-hydrogen) atoms. The Balaban J connectivity index is 3.17. The van der Waals surface area contributed by atoms with Gasteiger partial charge in [-0.3, -0.25) is 14.8 Å². The van der Waals surface area contributed by atoms with Crippen molar-refractivity contribution in [3.05, 3.63) is 21.5 Å². The molecule has 0 saturated heterocycles. The van der Waals surface area contributed by atoms with Crippen LogP contribution in [0.4, 0.5) is 5.69 Å². The number of aryl methyl sites for hydroxylation is 1. The van der Waals surface area contributed by atoms with Crippen LogP contribution in [0.3, 0.4) is 0 Å². The molecule has 2 N–H and O–H groups in total. The van der Waals surface area contributed by atoms with Gasteiger partial charge >= 0.3 is 5.69 Å². The summed E-state index contributed by atoms with van der Waals surface area (Å²) in [6.07, 6.45) is 1.19. The molecule has 6 nitrogen and oxygen atoms in total. The number of aromatic nitrogens is 2. The van der Waals surface area contributed by atoms with Crippen LogP contribution in [-0.2, 0) is 19.4 Å². The van der Waals surface area contributed by atoms with Gasteiger partial charge in [0.05, 0.1) is 4.92 Å². The van der Waals surface area contributed by atoms with Crippen LogP contribution in [0.5, 0.6) is 0 Å². The first-order valence-corrected chi connectivity index (χ1v) is 5.98. The molecule has 0 radical (unpaired) electrons. The highest BCUT2D eigenvalue weighted by atomic mass is 16.6. The normalized spacial score (nSPS) is 12.7. The Morgan fingerprint density at radius 2 is 2.12 bits per heavy atom. The van der Waals surface area contributed by atoms with Crippen LogP contribution in [0.2, 0.25) is 0 Å². The Morgan fingerprint density at radius 3 is 2.53 bits per heavy atom. The largest absolute Gasteiger partial charge is 0.330 e. The Hall–Kier alpha value is -1.43. The van der Waals surface area contributed by atoms with Crippen molar-refractivity contribution in [2.45, 2.75) is 40.2 Å². The summed E-state index contributed by atoms with van der Waals surface area (Å²) in [7, 11) is 0. The Labute approximate surface area is 101 Å². The summed E-state index contributed by atoms with van der Waals surface area (Å²) in [6, 6.07) is 0. The topological polar surface area (TPSA) is 87.0 Å². The minimum Gasteiger partial charge on any atom is -0.330 e. The average molecular weight is 240 g/mol. The number of hydrogen-bond acceptors (Lipinski definition) is 4. The smallest absolute Gasteiger partial charge is 0.313 e. The van der Waals surface area contributed by atoms with Gasteiger partial charge in [0.1, 0.15) is 11.4 Å². The van der Waals surface area contributed by atoms with Gasteiger partial charge in [-0.2, -0.15) is 5.10 Å². The molecule has 0 amide bonds. The third-order valence-corrected chi connectivity index (χ3v) is 2.84. The van der Waals surface area contributed by atoms with E-state index in [-0.39, 0.29) is 16.5 Å². The van der Waals surface area contributed by atoms with Crippen LogP contribution in [0.1, 0.15) is 32.2 Å². The predicted octanol–water partition coefficient (Wildman–Crippen LogP) is 1.51. The van der Waals surface area contributed by atoms with Gasteiger partial charge in [-0.05, 0) is 25.3 Å². The maximum Gasteiger partial charge on any atom is 0.313 e. The third-order valence-electron chi connectivity index (χ3n) is 2.84. The number of hydrogen-bond donors (Lipinski definition) is 1. The van der Waals surface area contributed by atoms with E-state index in [1.54, 1.807) is 4.68 Å². The van der Waals surface area contributed by atoms with Crippen molar-refractivity contribution in [3.8, 4) is 0 Å². The van der Waals surface area contributed by atoms with Crippen molar-refractivity contribution >= 4 is 5.69 Å². The van der Waals surface area contributed by atoms with Crippen LogP contribution in [-0.4, -0.2) is 21.2 Å². The van der Waals surface area contributed by atoms with E-state index in [1.165, 1.54) is 0 Å². The predicted molar refractivity (Wildman–Crippen MR) is 65.9 cm³/mol. The Bertz CT molecular complexity index is 400. The quantitative estimate of drug-likeness (QED) is 0.603. The zero-order chi connectivity index (χ0) is 13.0. The highest BCUT2D eigenvalue weighted by Gasteiger charge is 2.25. The minimum atomic E-state index is -0.325.